The smallest absolute Gasteiger partial charge is 0.341 e. The molecule has 134 valence electrons. The number of thiophene rings is 1. The molecule has 0 aromatic carbocycles. The van der Waals surface area contributed by atoms with Crippen molar-refractivity contribution in [3.05, 3.63) is 29.3 Å². The predicted octanol–water partition coefficient (Wildman–Crippen LogP) is 3.32. The van der Waals surface area contributed by atoms with Crippen molar-refractivity contribution in [1.82, 2.24) is 0 Å². The lowest BCUT2D eigenvalue weighted by atomic mass is 10.1. The van der Waals surface area contributed by atoms with Crippen molar-refractivity contribution in [2.75, 3.05) is 18.5 Å². The Hall–Kier alpha value is -2.61. The fourth-order valence-corrected chi connectivity index (χ4v) is 2.89. The van der Waals surface area contributed by atoms with Crippen LogP contribution in [0.3, 0.4) is 0 Å². The van der Waals surface area contributed by atoms with Crippen LogP contribution in [-0.4, -0.2) is 31.1 Å². The number of ether oxygens (including phenoxy) is 2. The number of hydrogen-bond donors (Lipinski definition) is 1. The molecule has 0 unspecified atom stereocenters. The van der Waals surface area contributed by atoms with Gasteiger partial charge in [0.15, 0.2) is 6.61 Å². The molecule has 0 aliphatic rings. The lowest BCUT2D eigenvalue weighted by Gasteiger charge is -2.09. The minimum atomic E-state index is -0.565. The molecule has 1 amide bonds. The zero-order chi connectivity index (χ0) is 18.4. The number of carbonyl (C=O) groups excluding carboxylic acids is 3. The number of carbonyl (C=O) groups is 3. The van der Waals surface area contributed by atoms with Crippen molar-refractivity contribution < 1.29 is 28.3 Å². The Morgan fingerprint density at radius 3 is 2.64 bits per heavy atom. The molecule has 2 aromatic heterocycles. The molecule has 2 rings (SSSR count). The summed E-state index contributed by atoms with van der Waals surface area (Å²) in [6, 6.07) is 3.41. The molecule has 0 fully saturated rings. The fourth-order valence-electron chi connectivity index (χ4n) is 1.94. The zero-order valence-electron chi connectivity index (χ0n) is 14.2. The SMILES string of the molecule is CCOC(=O)c1c(-c2ccco2)csc1NC(=O)COC(=O)C(C)C. The van der Waals surface area contributed by atoms with Crippen LogP contribution in [0, 0.1) is 5.92 Å². The third kappa shape index (κ3) is 4.69. The molecular formula is C17H19NO6S. The molecule has 25 heavy (non-hydrogen) atoms. The maximum Gasteiger partial charge on any atom is 0.341 e. The van der Waals surface area contributed by atoms with Crippen molar-refractivity contribution in [1.29, 1.82) is 0 Å². The van der Waals surface area contributed by atoms with Gasteiger partial charge in [0.2, 0.25) is 0 Å². The Kier molecular flexibility index (Phi) is 6.35. The first-order valence-corrected chi connectivity index (χ1v) is 8.61. The average Bonchev–Trinajstić information content (AvgIpc) is 3.21. The van der Waals surface area contributed by atoms with E-state index < -0.39 is 24.5 Å². The predicted molar refractivity (Wildman–Crippen MR) is 92.4 cm³/mol. The summed E-state index contributed by atoms with van der Waals surface area (Å²) < 4.78 is 15.3. The van der Waals surface area contributed by atoms with Crippen LogP contribution < -0.4 is 5.32 Å². The van der Waals surface area contributed by atoms with Gasteiger partial charge in [-0.15, -0.1) is 11.3 Å². The maximum atomic E-state index is 12.3. The summed E-state index contributed by atoms with van der Waals surface area (Å²) in [6.45, 7) is 4.82. The Morgan fingerprint density at radius 1 is 1.28 bits per heavy atom. The highest BCUT2D eigenvalue weighted by Crippen LogP contribution is 2.36. The lowest BCUT2D eigenvalue weighted by molar-refractivity contribution is -0.150. The third-order valence-electron chi connectivity index (χ3n) is 3.13. The van der Waals surface area contributed by atoms with Gasteiger partial charge in [0.25, 0.3) is 5.91 Å². The number of furan rings is 1. The summed E-state index contributed by atoms with van der Waals surface area (Å²) in [6.07, 6.45) is 1.49. The van der Waals surface area contributed by atoms with E-state index >= 15 is 0 Å². The molecule has 0 radical (unpaired) electrons. The van der Waals surface area contributed by atoms with Crippen molar-refractivity contribution in [3.63, 3.8) is 0 Å². The van der Waals surface area contributed by atoms with Crippen molar-refractivity contribution >= 4 is 34.2 Å². The third-order valence-corrected chi connectivity index (χ3v) is 4.02. The zero-order valence-corrected chi connectivity index (χ0v) is 15.0. The second kappa shape index (κ2) is 8.48. The molecule has 0 atom stereocenters. The van der Waals surface area contributed by atoms with Crippen LogP contribution >= 0.6 is 11.3 Å². The molecule has 8 heteroatoms. The van der Waals surface area contributed by atoms with E-state index in [9.17, 15) is 14.4 Å². The van der Waals surface area contributed by atoms with E-state index in [2.05, 4.69) is 5.32 Å². The second-order valence-electron chi connectivity index (χ2n) is 5.36. The van der Waals surface area contributed by atoms with Crippen molar-refractivity contribution in [3.8, 4) is 11.3 Å². The van der Waals surface area contributed by atoms with Crippen molar-refractivity contribution in [2.45, 2.75) is 20.8 Å². The van der Waals surface area contributed by atoms with Gasteiger partial charge in [-0.1, -0.05) is 13.8 Å². The van der Waals surface area contributed by atoms with Gasteiger partial charge >= 0.3 is 11.9 Å². The maximum absolute atomic E-state index is 12.3. The molecule has 0 saturated heterocycles. The number of anilines is 1. The van der Waals surface area contributed by atoms with Crippen LogP contribution in [0.15, 0.2) is 28.2 Å². The molecule has 1 N–H and O–H groups in total. The number of nitrogens with one attached hydrogen (secondary N) is 1. The molecule has 0 saturated carbocycles. The van der Waals surface area contributed by atoms with Gasteiger partial charge in [-0.25, -0.2) is 4.79 Å². The Balaban J connectivity index is 2.18. The van der Waals surface area contributed by atoms with E-state index in [0.717, 1.165) is 11.3 Å². The molecule has 7 nitrogen and oxygen atoms in total. The monoisotopic (exact) mass is 365 g/mol. The fraction of sp³-hybridized carbons (Fsp3) is 0.353. The Bertz CT molecular complexity index is 747. The first-order valence-electron chi connectivity index (χ1n) is 7.73. The summed E-state index contributed by atoms with van der Waals surface area (Å²) in [5.41, 5.74) is 0.744. The molecule has 0 aliphatic carbocycles. The van der Waals surface area contributed by atoms with E-state index in [1.54, 1.807) is 38.3 Å². The number of esters is 2. The van der Waals surface area contributed by atoms with Crippen LogP contribution in [0.4, 0.5) is 5.00 Å². The number of amides is 1. The summed E-state index contributed by atoms with van der Waals surface area (Å²) in [7, 11) is 0. The largest absolute Gasteiger partial charge is 0.464 e. The average molecular weight is 365 g/mol. The topological polar surface area (TPSA) is 94.8 Å². The van der Waals surface area contributed by atoms with E-state index in [0.29, 0.717) is 16.3 Å². The minimum absolute atomic E-state index is 0.200. The quantitative estimate of drug-likeness (QED) is 0.756. The summed E-state index contributed by atoms with van der Waals surface area (Å²) >= 11 is 1.16. The van der Waals surface area contributed by atoms with Gasteiger partial charge in [0.1, 0.15) is 16.3 Å². The molecule has 0 aliphatic heterocycles. The van der Waals surface area contributed by atoms with Crippen molar-refractivity contribution in [2.24, 2.45) is 5.92 Å². The van der Waals surface area contributed by atoms with Crippen LogP contribution in [0.5, 0.6) is 0 Å². The molecule has 2 heterocycles. The van der Waals surface area contributed by atoms with Gasteiger partial charge < -0.3 is 19.2 Å². The highest BCUT2D eigenvalue weighted by Gasteiger charge is 2.24. The first kappa shape index (κ1) is 18.7. The molecule has 2 aromatic rings. The Morgan fingerprint density at radius 2 is 2.04 bits per heavy atom. The van der Waals surface area contributed by atoms with Gasteiger partial charge in [-0.3, -0.25) is 9.59 Å². The van der Waals surface area contributed by atoms with Gasteiger partial charge in [0, 0.05) is 10.9 Å². The van der Waals surface area contributed by atoms with Crippen LogP contribution in [0.25, 0.3) is 11.3 Å². The highest BCUT2D eigenvalue weighted by molar-refractivity contribution is 7.15. The normalized spacial score (nSPS) is 10.6. The molecule has 0 bridgehead atoms. The summed E-state index contributed by atoms with van der Waals surface area (Å²) in [5, 5.41) is 4.60. The number of rotatable bonds is 7. The lowest BCUT2D eigenvalue weighted by Crippen LogP contribution is -2.23. The highest BCUT2D eigenvalue weighted by atomic mass is 32.1. The van der Waals surface area contributed by atoms with Gasteiger partial charge in [-0.2, -0.15) is 0 Å². The van der Waals surface area contributed by atoms with E-state index in [1.165, 1.54) is 6.26 Å². The Labute approximate surface area is 148 Å². The summed E-state index contributed by atoms with van der Waals surface area (Å²) in [4.78, 5) is 35.7. The van der Waals surface area contributed by atoms with Gasteiger partial charge in [0.05, 0.1) is 18.8 Å². The van der Waals surface area contributed by atoms with E-state index in [1.807, 2.05) is 0 Å². The van der Waals surface area contributed by atoms with Crippen LogP contribution in [-0.2, 0) is 19.1 Å². The minimum Gasteiger partial charge on any atom is -0.464 e. The van der Waals surface area contributed by atoms with Crippen LogP contribution in [0.1, 0.15) is 31.1 Å². The molecular weight excluding hydrogens is 346 g/mol. The second-order valence-corrected chi connectivity index (χ2v) is 6.24. The number of hydrogen-bond acceptors (Lipinski definition) is 7. The summed E-state index contributed by atoms with van der Waals surface area (Å²) in [5.74, 6) is -1.40. The standard InChI is InChI=1S/C17H19NO6S/c1-4-22-17(21)14-11(12-6-5-7-23-12)9-25-15(14)18-13(19)8-24-16(20)10(2)3/h5-7,9-10H,4,8H2,1-3H3,(H,18,19). The van der Waals surface area contributed by atoms with E-state index in [4.69, 9.17) is 13.9 Å². The molecule has 0 spiro atoms. The van der Waals surface area contributed by atoms with E-state index in [-0.39, 0.29) is 18.1 Å². The van der Waals surface area contributed by atoms with Crippen LogP contribution in [0.2, 0.25) is 0 Å². The van der Waals surface area contributed by atoms with Gasteiger partial charge in [-0.05, 0) is 19.1 Å². The first-order chi connectivity index (χ1) is 11.9.